The first-order valence-electron chi connectivity index (χ1n) is 8.51. The maximum Gasteiger partial charge on any atom is 0.411 e. The maximum atomic E-state index is 12.5. The highest BCUT2D eigenvalue weighted by Crippen LogP contribution is 2.21. The van der Waals surface area contributed by atoms with Crippen molar-refractivity contribution in [3.8, 4) is 0 Å². The van der Waals surface area contributed by atoms with Gasteiger partial charge in [0, 0.05) is 24.9 Å². The Balaban J connectivity index is 1.85. The first-order chi connectivity index (χ1) is 12.2. The van der Waals surface area contributed by atoms with Crippen molar-refractivity contribution in [2.24, 2.45) is 0 Å². The van der Waals surface area contributed by atoms with Crippen molar-refractivity contribution >= 4 is 28.7 Å². The highest BCUT2D eigenvalue weighted by Gasteiger charge is 2.35. The SMILES string of the molecule is CC(C)(C)OC(=O)N1CCNC(=O)C1Cc1ccc2c(N)ncnc2c1. The second-order valence-electron chi connectivity index (χ2n) is 7.30. The molecule has 1 aromatic carbocycles. The number of anilines is 1. The van der Waals surface area contributed by atoms with Crippen LogP contribution in [0.1, 0.15) is 26.3 Å². The number of nitrogens with zero attached hydrogens (tertiary/aromatic N) is 3. The first kappa shape index (κ1) is 17.9. The van der Waals surface area contributed by atoms with E-state index in [1.165, 1.54) is 11.2 Å². The highest BCUT2D eigenvalue weighted by molar-refractivity contribution is 5.89. The van der Waals surface area contributed by atoms with E-state index in [-0.39, 0.29) is 5.91 Å². The van der Waals surface area contributed by atoms with Crippen LogP contribution in [0, 0.1) is 0 Å². The van der Waals surface area contributed by atoms with E-state index in [2.05, 4.69) is 15.3 Å². The quantitative estimate of drug-likeness (QED) is 0.842. The molecule has 1 fully saturated rings. The average Bonchev–Trinajstić information content (AvgIpc) is 2.55. The van der Waals surface area contributed by atoms with Crippen LogP contribution < -0.4 is 11.1 Å². The monoisotopic (exact) mass is 357 g/mol. The molecule has 1 aromatic heterocycles. The number of amides is 2. The highest BCUT2D eigenvalue weighted by atomic mass is 16.6. The molecule has 8 nitrogen and oxygen atoms in total. The lowest BCUT2D eigenvalue weighted by atomic mass is 10.0. The van der Waals surface area contributed by atoms with Gasteiger partial charge in [-0.2, -0.15) is 0 Å². The van der Waals surface area contributed by atoms with E-state index in [0.29, 0.717) is 30.8 Å². The molecule has 1 atom stereocenters. The van der Waals surface area contributed by atoms with Crippen molar-refractivity contribution in [2.45, 2.75) is 38.8 Å². The van der Waals surface area contributed by atoms with E-state index in [1.807, 2.05) is 18.2 Å². The van der Waals surface area contributed by atoms with Crippen LogP contribution in [0.3, 0.4) is 0 Å². The number of nitrogens with two attached hydrogens (primary N) is 1. The minimum absolute atomic E-state index is 0.190. The summed E-state index contributed by atoms with van der Waals surface area (Å²) in [6, 6.07) is 4.94. The van der Waals surface area contributed by atoms with E-state index in [0.717, 1.165) is 10.9 Å². The van der Waals surface area contributed by atoms with Crippen LogP contribution >= 0.6 is 0 Å². The summed E-state index contributed by atoms with van der Waals surface area (Å²) in [4.78, 5) is 34.6. The summed E-state index contributed by atoms with van der Waals surface area (Å²) in [6.45, 7) is 6.23. The fourth-order valence-corrected chi connectivity index (χ4v) is 2.93. The number of hydrogen-bond acceptors (Lipinski definition) is 6. The third kappa shape index (κ3) is 3.84. The van der Waals surface area contributed by atoms with Gasteiger partial charge in [0.05, 0.1) is 5.52 Å². The van der Waals surface area contributed by atoms with E-state index in [1.54, 1.807) is 20.8 Å². The third-order valence-electron chi connectivity index (χ3n) is 4.12. The predicted octanol–water partition coefficient (Wildman–Crippen LogP) is 1.49. The zero-order valence-corrected chi connectivity index (χ0v) is 15.2. The summed E-state index contributed by atoms with van der Waals surface area (Å²) in [7, 11) is 0. The molecule has 0 bridgehead atoms. The Morgan fingerprint density at radius 2 is 2.15 bits per heavy atom. The number of piperazine rings is 1. The molecule has 1 saturated heterocycles. The molecule has 26 heavy (non-hydrogen) atoms. The van der Waals surface area contributed by atoms with E-state index >= 15 is 0 Å². The topological polar surface area (TPSA) is 110 Å². The third-order valence-corrected chi connectivity index (χ3v) is 4.12. The minimum Gasteiger partial charge on any atom is -0.444 e. The number of aromatic nitrogens is 2. The van der Waals surface area contributed by atoms with Gasteiger partial charge in [0.2, 0.25) is 5.91 Å². The van der Waals surface area contributed by atoms with Crippen molar-refractivity contribution in [3.05, 3.63) is 30.1 Å². The Kier molecular flexibility index (Phi) is 4.67. The van der Waals surface area contributed by atoms with Crippen LogP contribution in [0.15, 0.2) is 24.5 Å². The van der Waals surface area contributed by atoms with Gasteiger partial charge >= 0.3 is 6.09 Å². The number of carbonyl (C=O) groups excluding carboxylic acids is 2. The van der Waals surface area contributed by atoms with Crippen molar-refractivity contribution in [3.63, 3.8) is 0 Å². The number of nitrogens with one attached hydrogen (secondary N) is 1. The first-order valence-corrected chi connectivity index (χ1v) is 8.51. The summed E-state index contributed by atoms with van der Waals surface area (Å²) < 4.78 is 5.45. The van der Waals surface area contributed by atoms with E-state index < -0.39 is 17.7 Å². The van der Waals surface area contributed by atoms with E-state index in [9.17, 15) is 9.59 Å². The molecule has 3 rings (SSSR count). The van der Waals surface area contributed by atoms with Gasteiger partial charge in [-0.25, -0.2) is 14.8 Å². The molecule has 0 spiro atoms. The minimum atomic E-state index is -0.629. The summed E-state index contributed by atoms with van der Waals surface area (Å²) in [5.41, 5.74) is 6.81. The van der Waals surface area contributed by atoms with Crippen LogP contribution in [-0.4, -0.2) is 51.6 Å². The van der Waals surface area contributed by atoms with Crippen molar-refractivity contribution < 1.29 is 14.3 Å². The molecule has 3 N–H and O–H groups in total. The molecule has 0 aliphatic carbocycles. The molecule has 0 saturated carbocycles. The molecular weight excluding hydrogens is 334 g/mol. The van der Waals surface area contributed by atoms with Gasteiger partial charge < -0.3 is 15.8 Å². The lowest BCUT2D eigenvalue weighted by Crippen LogP contribution is -2.58. The number of hydrogen-bond donors (Lipinski definition) is 2. The molecule has 8 heteroatoms. The van der Waals surface area contributed by atoms with E-state index in [4.69, 9.17) is 10.5 Å². The molecule has 2 amide bonds. The fraction of sp³-hybridized carbons (Fsp3) is 0.444. The summed E-state index contributed by atoms with van der Waals surface area (Å²) >= 11 is 0. The summed E-state index contributed by atoms with van der Waals surface area (Å²) in [6.07, 6.45) is 1.29. The van der Waals surface area contributed by atoms with Crippen molar-refractivity contribution in [1.82, 2.24) is 20.2 Å². The van der Waals surface area contributed by atoms with Crippen molar-refractivity contribution in [1.29, 1.82) is 0 Å². The normalized spacial score (nSPS) is 17.9. The largest absolute Gasteiger partial charge is 0.444 e. The smallest absolute Gasteiger partial charge is 0.411 e. The Bertz CT molecular complexity index is 846. The standard InChI is InChI=1S/C18H23N5O3/c1-18(2,3)26-17(25)23-7-6-20-16(24)14(23)9-11-4-5-12-13(8-11)21-10-22-15(12)19/h4-5,8,10,14H,6-7,9H2,1-3H3,(H,20,24)(H2,19,21,22). The molecule has 2 heterocycles. The zero-order chi connectivity index (χ0) is 18.9. The molecule has 1 unspecified atom stereocenters. The van der Waals surface area contributed by atoms with Crippen LogP contribution in [0.2, 0.25) is 0 Å². The Labute approximate surface area is 151 Å². The van der Waals surface area contributed by atoms with Crippen molar-refractivity contribution in [2.75, 3.05) is 18.8 Å². The van der Waals surface area contributed by atoms with Gasteiger partial charge in [-0.15, -0.1) is 0 Å². The molecule has 1 aliphatic heterocycles. The fourth-order valence-electron chi connectivity index (χ4n) is 2.93. The lowest BCUT2D eigenvalue weighted by molar-refractivity contribution is -0.128. The Hall–Kier alpha value is -2.90. The number of carbonyl (C=O) groups is 2. The summed E-state index contributed by atoms with van der Waals surface area (Å²) in [5.74, 6) is 0.219. The van der Waals surface area contributed by atoms with Crippen LogP contribution in [0.4, 0.5) is 10.6 Å². The molecular formula is C18H23N5O3. The van der Waals surface area contributed by atoms with Gasteiger partial charge in [-0.3, -0.25) is 9.69 Å². The van der Waals surface area contributed by atoms with Gasteiger partial charge in [0.15, 0.2) is 0 Å². The van der Waals surface area contributed by atoms with Gasteiger partial charge in [0.25, 0.3) is 0 Å². The van der Waals surface area contributed by atoms with Gasteiger partial charge in [0.1, 0.15) is 23.8 Å². The van der Waals surface area contributed by atoms with Crippen LogP contribution in [0.5, 0.6) is 0 Å². The lowest BCUT2D eigenvalue weighted by Gasteiger charge is -2.36. The van der Waals surface area contributed by atoms with Crippen LogP contribution in [0.25, 0.3) is 10.9 Å². The molecule has 2 aromatic rings. The number of benzene rings is 1. The zero-order valence-electron chi connectivity index (χ0n) is 15.2. The number of ether oxygens (including phenoxy) is 1. The van der Waals surface area contributed by atoms with Gasteiger partial charge in [-0.1, -0.05) is 6.07 Å². The molecule has 0 radical (unpaired) electrons. The van der Waals surface area contributed by atoms with Gasteiger partial charge in [-0.05, 0) is 38.5 Å². The Morgan fingerprint density at radius 3 is 2.88 bits per heavy atom. The Morgan fingerprint density at radius 1 is 1.38 bits per heavy atom. The second-order valence-corrected chi connectivity index (χ2v) is 7.30. The molecule has 138 valence electrons. The van der Waals surface area contributed by atoms with Crippen LogP contribution in [-0.2, 0) is 16.0 Å². The number of nitrogen functional groups attached to an aromatic ring is 1. The predicted molar refractivity (Wildman–Crippen MR) is 97.4 cm³/mol. The number of rotatable bonds is 2. The summed E-state index contributed by atoms with van der Waals surface area (Å²) in [5, 5.41) is 3.57. The second kappa shape index (κ2) is 6.78. The molecule has 1 aliphatic rings. The average molecular weight is 357 g/mol. The number of fused-ring (bicyclic) bond motifs is 1. The maximum absolute atomic E-state index is 12.5.